The van der Waals surface area contributed by atoms with Crippen LogP contribution >= 0.6 is 0 Å². The van der Waals surface area contributed by atoms with Crippen molar-refractivity contribution in [2.45, 2.75) is 0 Å². The Morgan fingerprint density at radius 3 is 0.848 bits per heavy atom. The van der Waals surface area contributed by atoms with Crippen LogP contribution in [0.25, 0.3) is 54.5 Å². The lowest BCUT2D eigenvalue weighted by Gasteiger charge is -2.07. The molecule has 0 N–H and O–H groups in total. The SMILES string of the molecule is O=c1c2ccc3c4ccc5c(=O)n(-c6c(F)c(F)c(F)c(F)c6F)c(=O)c5c4ccc3c2c(=O)n1-c1c(F)c(F)c(F)c(F)c1F. The predicted molar refractivity (Wildman–Crippen MR) is 142 cm³/mol. The molecule has 46 heavy (non-hydrogen) atoms. The number of halogens is 10. The zero-order valence-electron chi connectivity index (χ0n) is 21.8. The van der Waals surface area contributed by atoms with Crippen molar-refractivity contribution in [3.63, 3.8) is 0 Å². The molecule has 5 aromatic carbocycles. The van der Waals surface area contributed by atoms with Crippen molar-refractivity contribution in [1.29, 1.82) is 0 Å². The van der Waals surface area contributed by atoms with Gasteiger partial charge in [0, 0.05) is 0 Å². The first-order chi connectivity index (χ1) is 21.7. The molecule has 0 saturated carbocycles. The van der Waals surface area contributed by atoms with E-state index in [9.17, 15) is 63.1 Å². The summed E-state index contributed by atoms with van der Waals surface area (Å²) in [6.07, 6.45) is 0. The van der Waals surface area contributed by atoms with Crippen molar-refractivity contribution in [3.8, 4) is 11.4 Å². The van der Waals surface area contributed by atoms with E-state index in [0.29, 0.717) is 0 Å². The van der Waals surface area contributed by atoms with Crippen molar-refractivity contribution >= 4 is 43.1 Å². The Morgan fingerprint density at radius 2 is 0.543 bits per heavy atom. The van der Waals surface area contributed by atoms with E-state index >= 15 is 0 Å². The van der Waals surface area contributed by atoms with E-state index in [-0.39, 0.29) is 30.7 Å². The molecule has 2 aromatic heterocycles. The summed E-state index contributed by atoms with van der Waals surface area (Å²) in [7, 11) is 0. The summed E-state index contributed by atoms with van der Waals surface area (Å²) in [5.74, 6) is -24.5. The van der Waals surface area contributed by atoms with Gasteiger partial charge in [-0.25, -0.2) is 53.0 Å². The molecule has 7 aromatic rings. The zero-order chi connectivity index (χ0) is 33.3. The van der Waals surface area contributed by atoms with Crippen LogP contribution in [-0.4, -0.2) is 9.13 Å². The summed E-state index contributed by atoms with van der Waals surface area (Å²) >= 11 is 0. The van der Waals surface area contributed by atoms with Gasteiger partial charge in [-0.3, -0.25) is 19.2 Å². The highest BCUT2D eigenvalue weighted by Crippen LogP contribution is 2.34. The van der Waals surface area contributed by atoms with E-state index in [2.05, 4.69) is 0 Å². The molecule has 0 radical (unpaired) electrons. The van der Waals surface area contributed by atoms with Crippen LogP contribution in [0, 0.1) is 58.2 Å². The predicted octanol–water partition coefficient (Wildman–Crippen LogP) is 5.59. The summed E-state index contributed by atoms with van der Waals surface area (Å²) < 4.78 is 141. The molecule has 230 valence electrons. The number of rotatable bonds is 2. The summed E-state index contributed by atoms with van der Waals surface area (Å²) in [5, 5.41) is -2.22. The maximum absolute atomic E-state index is 14.6. The minimum absolute atomic E-state index is 0.0365. The monoisotopic (exact) mass is 648 g/mol. The van der Waals surface area contributed by atoms with Crippen molar-refractivity contribution in [1.82, 2.24) is 9.13 Å². The van der Waals surface area contributed by atoms with E-state index in [1.807, 2.05) is 0 Å². The highest BCUT2D eigenvalue weighted by atomic mass is 19.2. The Morgan fingerprint density at radius 1 is 0.304 bits per heavy atom. The molecular weight excluding hydrogens is 642 g/mol. The van der Waals surface area contributed by atoms with Gasteiger partial charge in [0.25, 0.3) is 22.2 Å². The van der Waals surface area contributed by atoms with E-state index in [4.69, 9.17) is 0 Å². The molecular formula is C30H6F10N2O4. The summed E-state index contributed by atoms with van der Waals surface area (Å²) in [6.45, 7) is 0. The smallest absolute Gasteiger partial charge is 0.266 e. The summed E-state index contributed by atoms with van der Waals surface area (Å²) in [6, 6.07) is 6.57. The minimum Gasteiger partial charge on any atom is -0.268 e. The Bertz CT molecular complexity index is 2550. The number of nitrogens with zero attached hydrogens (tertiary/aromatic N) is 2. The molecule has 0 saturated heterocycles. The van der Waals surface area contributed by atoms with Gasteiger partial charge >= 0.3 is 0 Å². The van der Waals surface area contributed by atoms with Crippen molar-refractivity contribution < 1.29 is 43.9 Å². The fourth-order valence-corrected chi connectivity index (χ4v) is 5.67. The second kappa shape index (κ2) is 9.35. The van der Waals surface area contributed by atoms with E-state index in [1.165, 1.54) is 12.1 Å². The van der Waals surface area contributed by atoms with Crippen LogP contribution < -0.4 is 22.2 Å². The number of hydrogen-bond donors (Lipinski definition) is 0. The van der Waals surface area contributed by atoms with Crippen LogP contribution in [0.15, 0.2) is 55.6 Å². The van der Waals surface area contributed by atoms with Gasteiger partial charge in [-0.15, -0.1) is 0 Å². The number of aromatic nitrogens is 2. The van der Waals surface area contributed by atoms with Gasteiger partial charge in [0.1, 0.15) is 11.4 Å². The normalized spacial score (nSPS) is 12.0. The molecule has 0 fully saturated rings. The van der Waals surface area contributed by atoms with Crippen LogP contribution in [0.1, 0.15) is 0 Å². The molecule has 0 spiro atoms. The number of benzene rings is 5. The first-order valence-electron chi connectivity index (χ1n) is 12.5. The molecule has 6 nitrogen and oxygen atoms in total. The van der Waals surface area contributed by atoms with Crippen LogP contribution in [0.2, 0.25) is 0 Å². The zero-order valence-corrected chi connectivity index (χ0v) is 21.8. The minimum atomic E-state index is -2.52. The number of fused-ring (bicyclic) bond motifs is 7. The largest absolute Gasteiger partial charge is 0.268 e. The molecule has 0 unspecified atom stereocenters. The molecule has 0 atom stereocenters. The van der Waals surface area contributed by atoms with Crippen LogP contribution in [0.5, 0.6) is 0 Å². The highest BCUT2D eigenvalue weighted by molar-refractivity contribution is 6.22. The lowest BCUT2D eigenvalue weighted by atomic mass is 9.97. The maximum Gasteiger partial charge on any atom is 0.266 e. The number of hydrogen-bond acceptors (Lipinski definition) is 4. The molecule has 0 aliphatic rings. The summed E-state index contributed by atoms with van der Waals surface area (Å²) in [5.41, 5.74) is -9.44. The van der Waals surface area contributed by atoms with Gasteiger partial charge in [-0.1, -0.05) is 24.3 Å². The first-order valence-corrected chi connectivity index (χ1v) is 12.5. The highest BCUT2D eigenvalue weighted by Gasteiger charge is 2.32. The van der Waals surface area contributed by atoms with E-state index in [0.717, 1.165) is 24.3 Å². The molecule has 16 heteroatoms. The van der Waals surface area contributed by atoms with Gasteiger partial charge in [0.2, 0.25) is 11.6 Å². The fraction of sp³-hybridized carbons (Fsp3) is 0. The van der Waals surface area contributed by atoms with Gasteiger partial charge in [-0.05, 0) is 33.7 Å². The first kappa shape index (κ1) is 28.9. The standard InChI is InChI=1S/C30H6F10N2O4/c31-15-17(33)21(37)25(22(38)18(15)34)41-27(43)11-5-1-7-8-2-6-12-14(10(8)4-3-9(7)13(11)29(41)45)30(46)42(28(12)44)26-23(39)19(35)16(32)20(36)24(26)40/h1-6H. The molecule has 0 aliphatic carbocycles. The topological polar surface area (TPSA) is 78.1 Å². The maximum atomic E-state index is 14.6. The third-order valence-electron chi connectivity index (χ3n) is 7.72. The second-order valence-electron chi connectivity index (χ2n) is 9.96. The average molecular weight is 648 g/mol. The molecule has 0 bridgehead atoms. The third kappa shape index (κ3) is 3.37. The van der Waals surface area contributed by atoms with Gasteiger partial charge in [0.05, 0.1) is 21.5 Å². The van der Waals surface area contributed by atoms with Gasteiger partial charge in [-0.2, -0.15) is 0 Å². The van der Waals surface area contributed by atoms with E-state index in [1.54, 1.807) is 0 Å². The summed E-state index contributed by atoms with van der Waals surface area (Å²) in [4.78, 5) is 52.8. The van der Waals surface area contributed by atoms with Crippen molar-refractivity contribution in [2.75, 3.05) is 0 Å². The quantitative estimate of drug-likeness (QED) is 0.106. The lowest BCUT2D eigenvalue weighted by molar-refractivity contribution is 0.375. The lowest BCUT2D eigenvalue weighted by Crippen LogP contribution is -2.27. The Hall–Kier alpha value is -5.80. The van der Waals surface area contributed by atoms with Crippen LogP contribution in [0.4, 0.5) is 43.9 Å². The Labute approximate surface area is 243 Å². The molecule has 2 heterocycles. The van der Waals surface area contributed by atoms with Crippen molar-refractivity contribution in [2.24, 2.45) is 0 Å². The fourth-order valence-electron chi connectivity index (χ4n) is 5.67. The average Bonchev–Trinajstić information content (AvgIpc) is 3.45. The van der Waals surface area contributed by atoms with Gasteiger partial charge < -0.3 is 0 Å². The third-order valence-corrected chi connectivity index (χ3v) is 7.72. The Balaban J connectivity index is 1.56. The molecule has 0 aliphatic heterocycles. The van der Waals surface area contributed by atoms with Gasteiger partial charge in [0.15, 0.2) is 46.5 Å². The molecule has 7 rings (SSSR count). The molecule has 0 amide bonds. The van der Waals surface area contributed by atoms with Crippen LogP contribution in [0.3, 0.4) is 0 Å². The second-order valence-corrected chi connectivity index (χ2v) is 9.96. The van der Waals surface area contributed by atoms with Crippen LogP contribution in [-0.2, 0) is 0 Å². The van der Waals surface area contributed by atoms with E-state index < -0.39 is 113 Å². The van der Waals surface area contributed by atoms with Crippen molar-refractivity contribution in [3.05, 3.63) is 136 Å². The Kier molecular flexibility index (Phi) is 5.89.